The van der Waals surface area contributed by atoms with Crippen LogP contribution in [0.5, 0.6) is 0 Å². The highest BCUT2D eigenvalue weighted by atomic mass is 79.9. The third kappa shape index (κ3) is 3.10. The van der Waals surface area contributed by atoms with Crippen molar-refractivity contribution in [2.75, 3.05) is 0 Å². The van der Waals surface area contributed by atoms with E-state index in [2.05, 4.69) is 31.4 Å². The fourth-order valence-corrected chi connectivity index (χ4v) is 1.84. The number of rotatable bonds is 4. The van der Waals surface area contributed by atoms with Gasteiger partial charge >= 0.3 is 0 Å². The summed E-state index contributed by atoms with van der Waals surface area (Å²) in [5.41, 5.74) is 0.882. The van der Waals surface area contributed by atoms with E-state index in [1.54, 1.807) is 12.4 Å². The van der Waals surface area contributed by atoms with E-state index >= 15 is 0 Å². The molecule has 1 aromatic heterocycles. The molecule has 0 saturated heterocycles. The molecule has 0 saturated carbocycles. The first-order valence-electron chi connectivity index (χ1n) is 5.14. The molecule has 0 spiro atoms. The normalized spacial score (nSPS) is 10.8. The zero-order valence-electron chi connectivity index (χ0n) is 9.32. The first-order chi connectivity index (χ1) is 8.16. The number of aromatic nitrogens is 3. The Balaban J connectivity index is 1.94. The first kappa shape index (κ1) is 12.2. The lowest BCUT2D eigenvalue weighted by molar-refractivity contribution is 0.611. The van der Waals surface area contributed by atoms with Crippen molar-refractivity contribution in [2.24, 2.45) is 7.05 Å². The van der Waals surface area contributed by atoms with Crippen LogP contribution in [0.25, 0.3) is 0 Å². The van der Waals surface area contributed by atoms with Crippen molar-refractivity contribution >= 4 is 15.9 Å². The molecule has 0 fully saturated rings. The molecule has 6 heteroatoms. The number of hydrogen-bond acceptors (Lipinski definition) is 3. The molecule has 2 rings (SSSR count). The lowest BCUT2D eigenvalue weighted by Gasteiger charge is -2.06. The van der Waals surface area contributed by atoms with Crippen LogP contribution in [0, 0.1) is 5.82 Å². The van der Waals surface area contributed by atoms with Gasteiger partial charge in [0.15, 0.2) is 0 Å². The van der Waals surface area contributed by atoms with Crippen molar-refractivity contribution in [3.8, 4) is 0 Å². The van der Waals surface area contributed by atoms with E-state index in [9.17, 15) is 4.39 Å². The summed E-state index contributed by atoms with van der Waals surface area (Å²) in [5.74, 6) is 0.612. The van der Waals surface area contributed by atoms with Gasteiger partial charge in [-0.3, -0.25) is 0 Å². The van der Waals surface area contributed by atoms with E-state index in [-0.39, 0.29) is 5.82 Å². The summed E-state index contributed by atoms with van der Waals surface area (Å²) in [6, 6.07) is 4.64. The Labute approximate surface area is 107 Å². The summed E-state index contributed by atoms with van der Waals surface area (Å²) in [6.45, 7) is 1.17. The molecule has 1 aromatic carbocycles. The minimum Gasteiger partial charge on any atom is -0.320 e. The van der Waals surface area contributed by atoms with Crippen molar-refractivity contribution in [2.45, 2.75) is 13.1 Å². The van der Waals surface area contributed by atoms with Gasteiger partial charge in [0, 0.05) is 18.1 Å². The molecule has 0 radical (unpaired) electrons. The van der Waals surface area contributed by atoms with Crippen molar-refractivity contribution in [1.82, 2.24) is 20.1 Å². The lowest BCUT2D eigenvalue weighted by Crippen LogP contribution is -2.16. The number of benzene rings is 1. The summed E-state index contributed by atoms with van der Waals surface area (Å²) < 4.78 is 15.8. The average molecular weight is 299 g/mol. The van der Waals surface area contributed by atoms with E-state index in [1.807, 2.05) is 11.6 Å². The van der Waals surface area contributed by atoms with Crippen molar-refractivity contribution < 1.29 is 4.39 Å². The molecule has 1 heterocycles. The highest BCUT2D eigenvalue weighted by Gasteiger charge is 2.03. The molecule has 1 N–H and O–H groups in total. The number of halogens is 2. The van der Waals surface area contributed by atoms with Crippen molar-refractivity contribution in [3.63, 3.8) is 0 Å². The summed E-state index contributed by atoms with van der Waals surface area (Å²) in [5, 5.41) is 10.9. The Kier molecular flexibility index (Phi) is 3.86. The first-order valence-corrected chi connectivity index (χ1v) is 5.93. The molecule has 0 aliphatic heterocycles. The summed E-state index contributed by atoms with van der Waals surface area (Å²) >= 11 is 3.38. The Morgan fingerprint density at radius 2 is 2.24 bits per heavy atom. The summed E-state index contributed by atoms with van der Waals surface area (Å²) in [4.78, 5) is 0. The Hall–Kier alpha value is -1.27. The number of nitrogens with zero attached hydrogens (tertiary/aromatic N) is 3. The highest BCUT2D eigenvalue weighted by Crippen LogP contribution is 2.17. The van der Waals surface area contributed by atoms with Gasteiger partial charge in [-0.15, -0.1) is 10.2 Å². The van der Waals surface area contributed by atoms with Crippen LogP contribution in [0.1, 0.15) is 11.4 Å². The van der Waals surface area contributed by atoms with Gasteiger partial charge in [0.2, 0.25) is 0 Å². The maximum absolute atomic E-state index is 13.0. The van der Waals surface area contributed by atoms with E-state index < -0.39 is 0 Å². The van der Waals surface area contributed by atoms with Gasteiger partial charge in [0.25, 0.3) is 0 Å². The van der Waals surface area contributed by atoms with Gasteiger partial charge < -0.3 is 9.88 Å². The molecule has 0 bridgehead atoms. The minimum atomic E-state index is -0.233. The molecule has 0 amide bonds. The monoisotopic (exact) mass is 298 g/mol. The summed E-state index contributed by atoms with van der Waals surface area (Å²) in [6.07, 6.45) is 1.65. The second-order valence-corrected chi connectivity index (χ2v) is 4.55. The van der Waals surface area contributed by atoms with Crippen LogP contribution >= 0.6 is 15.9 Å². The molecule has 0 unspecified atom stereocenters. The van der Waals surface area contributed by atoms with Crippen molar-refractivity contribution in [1.29, 1.82) is 0 Å². The fraction of sp³-hybridized carbons (Fsp3) is 0.273. The molecule has 90 valence electrons. The number of nitrogens with one attached hydrogen (secondary N) is 1. The second-order valence-electron chi connectivity index (χ2n) is 3.70. The zero-order chi connectivity index (χ0) is 12.3. The molecule has 0 atom stereocenters. The number of aryl methyl sites for hydroxylation is 1. The predicted octanol–water partition coefficient (Wildman–Crippen LogP) is 2.01. The molecule has 4 nitrogen and oxygen atoms in total. The third-order valence-corrected chi connectivity index (χ3v) is 3.19. The van der Waals surface area contributed by atoms with Crippen LogP contribution < -0.4 is 5.32 Å². The smallest absolute Gasteiger partial charge is 0.146 e. The van der Waals surface area contributed by atoms with Gasteiger partial charge in [-0.25, -0.2) is 4.39 Å². The van der Waals surface area contributed by atoms with Crippen LogP contribution in [0.2, 0.25) is 0 Å². The maximum atomic E-state index is 13.0. The van der Waals surface area contributed by atoms with E-state index in [0.29, 0.717) is 13.1 Å². The predicted molar refractivity (Wildman–Crippen MR) is 65.6 cm³/mol. The zero-order valence-corrected chi connectivity index (χ0v) is 10.9. The molecule has 0 aliphatic rings. The average Bonchev–Trinajstić information content (AvgIpc) is 2.70. The molecular formula is C11H12BrFN4. The van der Waals surface area contributed by atoms with Crippen LogP contribution in [0.4, 0.5) is 4.39 Å². The fourth-order valence-electron chi connectivity index (χ4n) is 1.45. The van der Waals surface area contributed by atoms with Gasteiger partial charge in [-0.05, 0) is 23.8 Å². The van der Waals surface area contributed by atoms with E-state index in [0.717, 1.165) is 15.9 Å². The third-order valence-electron chi connectivity index (χ3n) is 2.41. The molecule has 0 aliphatic carbocycles. The maximum Gasteiger partial charge on any atom is 0.146 e. The molecular weight excluding hydrogens is 287 g/mol. The van der Waals surface area contributed by atoms with E-state index in [1.165, 1.54) is 12.1 Å². The largest absolute Gasteiger partial charge is 0.320 e. The second kappa shape index (κ2) is 5.37. The van der Waals surface area contributed by atoms with Gasteiger partial charge in [-0.2, -0.15) is 0 Å². The quantitative estimate of drug-likeness (QED) is 0.939. The minimum absolute atomic E-state index is 0.233. The Bertz CT molecular complexity index is 512. The molecule has 17 heavy (non-hydrogen) atoms. The number of hydrogen-bond donors (Lipinski definition) is 1. The van der Waals surface area contributed by atoms with Gasteiger partial charge in [-0.1, -0.05) is 15.9 Å². The van der Waals surface area contributed by atoms with Crippen LogP contribution in [-0.2, 0) is 20.1 Å². The van der Waals surface area contributed by atoms with Crippen molar-refractivity contribution in [3.05, 3.63) is 46.2 Å². The standard InChI is InChI=1S/C11H12BrFN4/c1-17-7-15-16-11(17)6-14-5-8-4-9(13)2-3-10(8)12/h2-4,7,14H,5-6H2,1H3. The topological polar surface area (TPSA) is 42.7 Å². The summed E-state index contributed by atoms with van der Waals surface area (Å²) in [7, 11) is 1.88. The van der Waals surface area contributed by atoms with Crippen LogP contribution in [-0.4, -0.2) is 14.8 Å². The Morgan fingerprint density at radius 3 is 2.94 bits per heavy atom. The Morgan fingerprint density at radius 1 is 1.41 bits per heavy atom. The van der Waals surface area contributed by atoms with Gasteiger partial charge in [0.1, 0.15) is 18.0 Å². The van der Waals surface area contributed by atoms with Crippen LogP contribution in [0.3, 0.4) is 0 Å². The van der Waals surface area contributed by atoms with Crippen LogP contribution in [0.15, 0.2) is 29.0 Å². The highest BCUT2D eigenvalue weighted by molar-refractivity contribution is 9.10. The van der Waals surface area contributed by atoms with Gasteiger partial charge in [0.05, 0.1) is 6.54 Å². The SMILES string of the molecule is Cn1cnnc1CNCc1cc(F)ccc1Br. The lowest BCUT2D eigenvalue weighted by atomic mass is 10.2. The molecule has 2 aromatic rings. The van der Waals surface area contributed by atoms with E-state index in [4.69, 9.17) is 0 Å².